The summed E-state index contributed by atoms with van der Waals surface area (Å²) in [5.41, 5.74) is 0.912. The third-order valence-corrected chi connectivity index (χ3v) is 5.61. The van der Waals surface area contributed by atoms with E-state index >= 15 is 0 Å². The van der Waals surface area contributed by atoms with Crippen molar-refractivity contribution in [3.05, 3.63) is 77.9 Å². The predicted molar refractivity (Wildman–Crippen MR) is 125 cm³/mol. The molecule has 1 N–H and O–H groups in total. The molecular weight excluding hydrogens is 461 g/mol. The largest absolute Gasteiger partial charge is 0.378 e. The first-order chi connectivity index (χ1) is 16.5. The van der Waals surface area contributed by atoms with Gasteiger partial charge in [-0.2, -0.15) is 0 Å². The van der Waals surface area contributed by atoms with Gasteiger partial charge in [0.2, 0.25) is 17.7 Å². The number of aromatic nitrogens is 2. The van der Waals surface area contributed by atoms with Crippen LogP contribution in [0.4, 0.5) is 16.0 Å². The standard InChI is InChI=1S/C23H20FN5O4S/c1-32-12-11-28-14-21(33-27-28)26-20(30)15-34-23-25-19(13-16-7-5-6-10-18(16)24)22(31)29(23)17-8-3-2-4-9-17/h2-10,13-14H,11-12,15H2,1H3/p+1/b19-13+. The van der Waals surface area contributed by atoms with Crippen LogP contribution in [0.5, 0.6) is 0 Å². The number of aliphatic imine (C=N–C) groups is 1. The van der Waals surface area contributed by atoms with Crippen molar-refractivity contribution in [1.82, 2.24) is 5.27 Å². The number of para-hydroxylation sites is 1. The van der Waals surface area contributed by atoms with E-state index in [0.717, 1.165) is 11.8 Å². The molecule has 0 fully saturated rings. The summed E-state index contributed by atoms with van der Waals surface area (Å²) in [5.74, 6) is -1.09. The maximum Gasteiger partial charge on any atom is 0.302 e. The summed E-state index contributed by atoms with van der Waals surface area (Å²) in [4.78, 5) is 31.4. The van der Waals surface area contributed by atoms with Gasteiger partial charge >= 0.3 is 5.88 Å². The molecule has 0 atom stereocenters. The van der Waals surface area contributed by atoms with Gasteiger partial charge in [-0.15, -0.1) is 0 Å². The molecule has 0 radical (unpaired) electrons. The van der Waals surface area contributed by atoms with Crippen LogP contribution in [0.1, 0.15) is 5.56 Å². The fourth-order valence-electron chi connectivity index (χ4n) is 3.07. The van der Waals surface area contributed by atoms with E-state index in [2.05, 4.69) is 15.6 Å². The number of thioether (sulfide) groups is 1. The zero-order valence-electron chi connectivity index (χ0n) is 18.2. The lowest BCUT2D eigenvalue weighted by molar-refractivity contribution is -0.763. The highest BCUT2D eigenvalue weighted by atomic mass is 32.2. The number of benzene rings is 2. The van der Waals surface area contributed by atoms with E-state index in [1.807, 2.05) is 6.07 Å². The SMILES string of the molecule is COCC[n+]1cc(NC(=O)CSC2=N/C(=C/c3ccccc3F)C(=O)N2c2ccccc2)on1. The third kappa shape index (κ3) is 5.56. The van der Waals surface area contributed by atoms with Gasteiger partial charge < -0.3 is 4.74 Å². The fourth-order valence-corrected chi connectivity index (χ4v) is 3.88. The van der Waals surface area contributed by atoms with Crippen molar-refractivity contribution in [3.63, 3.8) is 0 Å². The van der Waals surface area contributed by atoms with Crippen LogP contribution in [-0.2, 0) is 20.9 Å². The second-order valence-electron chi connectivity index (χ2n) is 7.08. The Hall–Kier alpha value is -3.83. The molecule has 4 rings (SSSR count). The monoisotopic (exact) mass is 482 g/mol. The molecule has 174 valence electrons. The lowest BCUT2D eigenvalue weighted by Crippen LogP contribution is -2.36. The van der Waals surface area contributed by atoms with E-state index in [1.54, 1.807) is 55.8 Å². The number of rotatable bonds is 8. The molecule has 0 saturated heterocycles. The van der Waals surface area contributed by atoms with E-state index in [4.69, 9.17) is 9.26 Å². The molecule has 1 aliphatic heterocycles. The second-order valence-corrected chi connectivity index (χ2v) is 8.02. The Kier molecular flexibility index (Phi) is 7.45. The number of carbonyl (C=O) groups is 2. The first kappa shape index (κ1) is 23.3. The Morgan fingerprint density at radius 3 is 2.76 bits per heavy atom. The summed E-state index contributed by atoms with van der Waals surface area (Å²) in [6, 6.07) is 15.0. The number of nitrogens with zero attached hydrogens (tertiary/aromatic N) is 4. The highest BCUT2D eigenvalue weighted by molar-refractivity contribution is 8.14. The first-order valence-electron chi connectivity index (χ1n) is 10.3. The topological polar surface area (TPSA) is 101 Å². The molecule has 0 spiro atoms. The van der Waals surface area contributed by atoms with Crippen molar-refractivity contribution in [2.24, 2.45) is 4.99 Å². The Labute approximate surface area is 198 Å². The molecule has 1 aromatic heterocycles. The molecular formula is C23H21FN5O4S+. The van der Waals surface area contributed by atoms with Crippen LogP contribution in [0, 0.1) is 5.82 Å². The van der Waals surface area contributed by atoms with Gasteiger partial charge in [0.15, 0.2) is 5.17 Å². The van der Waals surface area contributed by atoms with Gasteiger partial charge in [0.1, 0.15) is 18.1 Å². The maximum absolute atomic E-state index is 14.1. The van der Waals surface area contributed by atoms with Crippen LogP contribution < -0.4 is 14.9 Å². The van der Waals surface area contributed by atoms with Crippen LogP contribution in [0.3, 0.4) is 0 Å². The van der Waals surface area contributed by atoms with Crippen molar-refractivity contribution in [1.29, 1.82) is 0 Å². The average Bonchev–Trinajstić information content (AvgIpc) is 3.42. The Bertz CT molecular complexity index is 1240. The molecule has 1 aliphatic rings. The number of carbonyl (C=O) groups excluding carboxylic acids is 2. The van der Waals surface area contributed by atoms with Gasteiger partial charge in [0.25, 0.3) is 12.1 Å². The predicted octanol–water partition coefficient (Wildman–Crippen LogP) is 2.86. The Balaban J connectivity index is 1.50. The molecule has 2 heterocycles. The summed E-state index contributed by atoms with van der Waals surface area (Å²) in [5, 5.41) is 6.71. The van der Waals surface area contributed by atoms with Crippen LogP contribution in [0.2, 0.25) is 0 Å². The molecule has 34 heavy (non-hydrogen) atoms. The summed E-state index contributed by atoms with van der Waals surface area (Å²) in [6.07, 6.45) is 2.94. The van der Waals surface area contributed by atoms with Gasteiger partial charge in [-0.3, -0.25) is 24.3 Å². The van der Waals surface area contributed by atoms with Gasteiger partial charge in [0.05, 0.1) is 11.4 Å². The summed E-state index contributed by atoms with van der Waals surface area (Å²) >= 11 is 1.08. The molecule has 11 heteroatoms. The van der Waals surface area contributed by atoms with Crippen molar-refractivity contribution >= 4 is 46.4 Å². The number of anilines is 2. The van der Waals surface area contributed by atoms with Gasteiger partial charge in [-0.05, 0) is 29.0 Å². The molecule has 2 aromatic carbocycles. The molecule has 0 unspecified atom stereocenters. The molecule has 9 nitrogen and oxygen atoms in total. The van der Waals surface area contributed by atoms with Gasteiger partial charge in [0, 0.05) is 12.7 Å². The smallest absolute Gasteiger partial charge is 0.302 e. The lowest BCUT2D eigenvalue weighted by atomic mass is 10.1. The zero-order valence-corrected chi connectivity index (χ0v) is 19.0. The van der Waals surface area contributed by atoms with Crippen molar-refractivity contribution in [2.75, 3.05) is 29.7 Å². The maximum atomic E-state index is 14.1. The normalized spacial score (nSPS) is 14.5. The minimum atomic E-state index is -0.459. The number of nitrogens with one attached hydrogen (secondary N) is 1. The summed E-state index contributed by atoms with van der Waals surface area (Å²) in [7, 11) is 1.58. The average molecular weight is 483 g/mol. The van der Waals surface area contributed by atoms with Gasteiger partial charge in [-0.1, -0.05) is 48.2 Å². The minimum absolute atomic E-state index is 0.0405. The lowest BCUT2D eigenvalue weighted by Gasteiger charge is -2.17. The van der Waals surface area contributed by atoms with E-state index < -0.39 is 11.7 Å². The van der Waals surface area contributed by atoms with E-state index in [9.17, 15) is 14.0 Å². The Morgan fingerprint density at radius 2 is 2.00 bits per heavy atom. The number of methoxy groups -OCH3 is 1. The van der Waals surface area contributed by atoms with E-state index in [1.165, 1.54) is 21.7 Å². The highest BCUT2D eigenvalue weighted by Crippen LogP contribution is 2.29. The fraction of sp³-hybridized carbons (Fsp3) is 0.174. The van der Waals surface area contributed by atoms with E-state index in [-0.39, 0.29) is 28.8 Å². The number of amidine groups is 1. The van der Waals surface area contributed by atoms with Gasteiger partial charge in [-0.25, -0.2) is 9.38 Å². The molecule has 0 bridgehead atoms. The van der Waals surface area contributed by atoms with Crippen LogP contribution in [-0.4, -0.2) is 41.7 Å². The first-order valence-corrected chi connectivity index (χ1v) is 11.3. The van der Waals surface area contributed by atoms with Crippen LogP contribution in [0.15, 0.2) is 76.0 Å². The third-order valence-electron chi connectivity index (χ3n) is 4.67. The number of hydrogen-bond donors (Lipinski definition) is 1. The minimum Gasteiger partial charge on any atom is -0.378 e. The molecule has 0 saturated carbocycles. The number of halogens is 1. The van der Waals surface area contributed by atoms with Crippen molar-refractivity contribution in [3.8, 4) is 0 Å². The van der Waals surface area contributed by atoms with Crippen LogP contribution >= 0.6 is 11.8 Å². The van der Waals surface area contributed by atoms with Crippen molar-refractivity contribution < 1.29 is 27.9 Å². The summed E-state index contributed by atoms with van der Waals surface area (Å²) < 4.78 is 25.7. The van der Waals surface area contributed by atoms with E-state index in [0.29, 0.717) is 24.0 Å². The number of hydrogen-bond acceptors (Lipinski definition) is 7. The quantitative estimate of drug-likeness (QED) is 0.391. The second kappa shape index (κ2) is 10.9. The summed E-state index contributed by atoms with van der Waals surface area (Å²) in [6.45, 7) is 0.930. The zero-order chi connectivity index (χ0) is 23.9. The number of amides is 2. The molecule has 3 aromatic rings. The Morgan fingerprint density at radius 1 is 1.24 bits per heavy atom. The molecule has 0 aliphatic carbocycles. The highest BCUT2D eigenvalue weighted by Gasteiger charge is 2.32. The number of ether oxygens (including phenoxy) is 1. The van der Waals surface area contributed by atoms with Crippen LogP contribution in [0.25, 0.3) is 6.08 Å². The molecule has 2 amide bonds. The van der Waals surface area contributed by atoms with Crippen molar-refractivity contribution in [2.45, 2.75) is 6.54 Å².